The van der Waals surface area contributed by atoms with Crippen LogP contribution in [0, 0.1) is 0 Å². The molecule has 0 fully saturated rings. The summed E-state index contributed by atoms with van der Waals surface area (Å²) in [6, 6.07) is 3.06. The summed E-state index contributed by atoms with van der Waals surface area (Å²) in [5.74, 6) is -0.801. The molecule has 0 bridgehead atoms. The fourth-order valence-corrected chi connectivity index (χ4v) is 1.98. The van der Waals surface area contributed by atoms with Crippen LogP contribution in [-0.4, -0.2) is 23.3 Å². The third-order valence-electron chi connectivity index (χ3n) is 2.46. The maximum Gasteiger partial charge on any atom is 0.337 e. The van der Waals surface area contributed by atoms with E-state index in [0.29, 0.717) is 16.3 Å². The van der Waals surface area contributed by atoms with Crippen LogP contribution in [0.15, 0.2) is 12.1 Å². The van der Waals surface area contributed by atoms with E-state index in [9.17, 15) is 9.90 Å². The van der Waals surface area contributed by atoms with E-state index in [4.69, 9.17) is 21.4 Å². The van der Waals surface area contributed by atoms with Crippen LogP contribution < -0.4 is 4.74 Å². The van der Waals surface area contributed by atoms with Crippen LogP contribution in [0.5, 0.6) is 5.75 Å². The van der Waals surface area contributed by atoms with Gasteiger partial charge in [-0.05, 0) is 18.1 Å². The van der Waals surface area contributed by atoms with Crippen LogP contribution in [0.4, 0.5) is 0 Å². The lowest BCUT2D eigenvalue weighted by atomic mass is 9.93. The van der Waals surface area contributed by atoms with E-state index in [-0.39, 0.29) is 11.5 Å². The van der Waals surface area contributed by atoms with Crippen molar-refractivity contribution in [2.24, 2.45) is 0 Å². The van der Waals surface area contributed by atoms with E-state index in [1.165, 1.54) is 13.2 Å². The molecule has 0 saturated carbocycles. The van der Waals surface area contributed by atoms with Gasteiger partial charge in [-0.2, -0.15) is 0 Å². The Balaban J connectivity index is 3.45. The highest BCUT2D eigenvalue weighted by molar-refractivity contribution is 6.30. The van der Waals surface area contributed by atoms with E-state index in [0.717, 1.165) is 0 Å². The lowest BCUT2D eigenvalue weighted by Crippen LogP contribution is -2.14. The van der Waals surface area contributed by atoms with Gasteiger partial charge < -0.3 is 14.9 Å². The Morgan fingerprint density at radius 3 is 2.41 bits per heavy atom. The summed E-state index contributed by atoms with van der Waals surface area (Å²) >= 11 is 5.87. The van der Waals surface area contributed by atoms with Gasteiger partial charge in [-0.1, -0.05) is 25.4 Å². The molecular weight excluding hydrogens is 244 g/mol. The van der Waals surface area contributed by atoms with Crippen molar-refractivity contribution in [3.8, 4) is 5.75 Å². The zero-order chi connectivity index (χ0) is 13.2. The van der Waals surface area contributed by atoms with Crippen molar-refractivity contribution in [3.63, 3.8) is 0 Å². The standard InChI is InChI=1S/C12H15ClO4/c1-6(2)10-8(11(14)12(15)16)4-7(13)5-9(10)17-3/h4-6,11,14H,1-3H3,(H,15,16). The molecule has 1 rings (SSSR count). The first-order valence-electron chi connectivity index (χ1n) is 5.16. The predicted molar refractivity (Wildman–Crippen MR) is 64.7 cm³/mol. The Kier molecular flexibility index (Phi) is 4.37. The van der Waals surface area contributed by atoms with Gasteiger partial charge in [0.15, 0.2) is 6.10 Å². The Morgan fingerprint density at radius 2 is 2.00 bits per heavy atom. The van der Waals surface area contributed by atoms with Crippen LogP contribution >= 0.6 is 11.6 Å². The zero-order valence-corrected chi connectivity index (χ0v) is 10.7. The number of carbonyl (C=O) groups is 1. The largest absolute Gasteiger partial charge is 0.496 e. The Bertz CT molecular complexity index is 429. The van der Waals surface area contributed by atoms with Gasteiger partial charge in [0.05, 0.1) is 7.11 Å². The summed E-state index contributed by atoms with van der Waals surface area (Å²) in [6.07, 6.45) is -1.60. The summed E-state index contributed by atoms with van der Waals surface area (Å²) in [6.45, 7) is 3.79. The smallest absolute Gasteiger partial charge is 0.337 e. The molecule has 1 unspecified atom stereocenters. The van der Waals surface area contributed by atoms with Crippen LogP contribution in [0.25, 0.3) is 0 Å². The van der Waals surface area contributed by atoms with Crippen molar-refractivity contribution in [2.45, 2.75) is 25.9 Å². The number of aliphatic hydroxyl groups excluding tert-OH is 1. The van der Waals surface area contributed by atoms with Crippen LogP contribution in [0.2, 0.25) is 5.02 Å². The highest BCUT2D eigenvalue weighted by atomic mass is 35.5. The van der Waals surface area contributed by atoms with Gasteiger partial charge in [-0.3, -0.25) is 0 Å². The average molecular weight is 259 g/mol. The van der Waals surface area contributed by atoms with Crippen LogP contribution in [0.1, 0.15) is 37.0 Å². The first-order valence-corrected chi connectivity index (χ1v) is 5.54. The molecule has 0 amide bonds. The van der Waals surface area contributed by atoms with Crippen molar-refractivity contribution < 1.29 is 19.7 Å². The lowest BCUT2D eigenvalue weighted by Gasteiger charge is -2.19. The first-order chi connectivity index (χ1) is 7.88. The van der Waals surface area contributed by atoms with Gasteiger partial charge in [0.2, 0.25) is 0 Å². The summed E-state index contributed by atoms with van der Waals surface area (Å²) < 4.78 is 5.17. The van der Waals surface area contributed by atoms with Crippen molar-refractivity contribution in [1.29, 1.82) is 0 Å². The number of hydrogen-bond donors (Lipinski definition) is 2. The highest BCUT2D eigenvalue weighted by Crippen LogP contribution is 2.36. The number of aliphatic carboxylic acids is 1. The minimum Gasteiger partial charge on any atom is -0.496 e. The molecule has 0 heterocycles. The molecule has 0 saturated heterocycles. The van der Waals surface area contributed by atoms with E-state index in [1.807, 2.05) is 13.8 Å². The van der Waals surface area contributed by atoms with E-state index < -0.39 is 12.1 Å². The average Bonchev–Trinajstić information content (AvgIpc) is 2.25. The molecule has 0 aliphatic rings. The number of halogens is 1. The van der Waals surface area contributed by atoms with E-state index >= 15 is 0 Å². The van der Waals surface area contributed by atoms with Gasteiger partial charge in [0.25, 0.3) is 0 Å². The molecule has 0 radical (unpaired) electrons. The number of benzene rings is 1. The predicted octanol–water partition coefficient (Wildman–Crippen LogP) is 2.59. The normalized spacial score (nSPS) is 12.6. The molecule has 0 aromatic heterocycles. The zero-order valence-electron chi connectivity index (χ0n) is 9.90. The Hall–Kier alpha value is -1.26. The third kappa shape index (κ3) is 2.90. The van der Waals surface area contributed by atoms with Gasteiger partial charge in [-0.25, -0.2) is 4.79 Å². The van der Waals surface area contributed by atoms with Crippen molar-refractivity contribution in [3.05, 3.63) is 28.3 Å². The van der Waals surface area contributed by atoms with Gasteiger partial charge in [0.1, 0.15) is 5.75 Å². The summed E-state index contributed by atoms with van der Waals surface area (Å²) in [5.41, 5.74) is 0.934. The van der Waals surface area contributed by atoms with Gasteiger partial charge in [0, 0.05) is 16.1 Å². The van der Waals surface area contributed by atoms with Crippen molar-refractivity contribution in [2.75, 3.05) is 7.11 Å². The fourth-order valence-electron chi connectivity index (χ4n) is 1.76. The fraction of sp³-hybridized carbons (Fsp3) is 0.417. The number of rotatable bonds is 4. The Labute approximate surface area is 105 Å². The van der Waals surface area contributed by atoms with E-state index in [1.54, 1.807) is 6.07 Å². The molecule has 0 aliphatic heterocycles. The molecule has 94 valence electrons. The monoisotopic (exact) mass is 258 g/mol. The number of carboxylic acid groups (broad SMARTS) is 1. The van der Waals surface area contributed by atoms with Crippen molar-refractivity contribution >= 4 is 17.6 Å². The van der Waals surface area contributed by atoms with Crippen molar-refractivity contribution in [1.82, 2.24) is 0 Å². The van der Waals surface area contributed by atoms with Crippen LogP contribution in [-0.2, 0) is 4.79 Å². The molecule has 1 atom stereocenters. The second kappa shape index (κ2) is 5.38. The molecule has 2 N–H and O–H groups in total. The minimum atomic E-state index is -1.60. The molecule has 5 heteroatoms. The molecule has 0 aliphatic carbocycles. The second-order valence-electron chi connectivity index (χ2n) is 4.01. The van der Waals surface area contributed by atoms with E-state index in [2.05, 4.69) is 0 Å². The number of hydrogen-bond acceptors (Lipinski definition) is 3. The second-order valence-corrected chi connectivity index (χ2v) is 4.44. The summed E-state index contributed by atoms with van der Waals surface area (Å²) in [7, 11) is 1.48. The number of ether oxygens (including phenoxy) is 1. The van der Waals surface area contributed by atoms with Gasteiger partial charge in [-0.15, -0.1) is 0 Å². The minimum absolute atomic E-state index is 0.0196. The molecular formula is C12H15ClO4. The first kappa shape index (κ1) is 13.8. The number of methoxy groups -OCH3 is 1. The molecule has 17 heavy (non-hydrogen) atoms. The maximum absolute atomic E-state index is 10.9. The molecule has 0 spiro atoms. The topological polar surface area (TPSA) is 66.8 Å². The Morgan fingerprint density at radius 1 is 1.41 bits per heavy atom. The number of aliphatic hydroxyl groups is 1. The summed E-state index contributed by atoms with van der Waals surface area (Å²) in [5, 5.41) is 18.9. The SMILES string of the molecule is COc1cc(Cl)cc(C(O)C(=O)O)c1C(C)C. The quantitative estimate of drug-likeness (QED) is 0.871. The lowest BCUT2D eigenvalue weighted by molar-refractivity contribution is -0.147. The maximum atomic E-state index is 10.9. The molecule has 1 aromatic rings. The molecule has 1 aromatic carbocycles. The summed E-state index contributed by atoms with van der Waals surface area (Å²) in [4.78, 5) is 10.9. The highest BCUT2D eigenvalue weighted by Gasteiger charge is 2.24. The third-order valence-corrected chi connectivity index (χ3v) is 2.68. The van der Waals surface area contributed by atoms with Gasteiger partial charge >= 0.3 is 5.97 Å². The van der Waals surface area contributed by atoms with Crippen LogP contribution in [0.3, 0.4) is 0 Å². The molecule has 4 nitrogen and oxygen atoms in total. The number of carboxylic acids is 1.